The summed E-state index contributed by atoms with van der Waals surface area (Å²) < 4.78 is 0. The van der Waals surface area contributed by atoms with Gasteiger partial charge in [0.2, 0.25) is 0 Å². The summed E-state index contributed by atoms with van der Waals surface area (Å²) in [5.74, 6) is -0.871. The van der Waals surface area contributed by atoms with Crippen molar-refractivity contribution in [2.45, 2.75) is 12.8 Å². The fraction of sp³-hybridized carbons (Fsp3) is 0.250. The molecule has 102 valence electrons. The molecule has 0 saturated carbocycles. The van der Waals surface area contributed by atoms with E-state index in [0.29, 0.717) is 5.56 Å². The van der Waals surface area contributed by atoms with Gasteiger partial charge >= 0.3 is 5.97 Å². The van der Waals surface area contributed by atoms with Gasteiger partial charge in [-0.2, -0.15) is 0 Å². The number of carboxylic acids is 1. The van der Waals surface area contributed by atoms with Crippen LogP contribution in [-0.2, 0) is 12.8 Å². The van der Waals surface area contributed by atoms with Gasteiger partial charge in [-0.15, -0.1) is 0 Å². The quantitative estimate of drug-likeness (QED) is 0.925. The van der Waals surface area contributed by atoms with E-state index in [4.69, 9.17) is 5.11 Å². The minimum Gasteiger partial charge on any atom is -0.478 e. The van der Waals surface area contributed by atoms with Gasteiger partial charge in [-0.1, -0.05) is 12.1 Å². The maximum atomic E-state index is 11.1. The summed E-state index contributed by atoms with van der Waals surface area (Å²) in [6, 6.07) is 11.3. The zero-order chi connectivity index (χ0) is 13.9. The molecule has 0 unspecified atom stereocenters. The molecule has 4 heteroatoms. The summed E-state index contributed by atoms with van der Waals surface area (Å²) in [6.07, 6.45) is 3.66. The van der Waals surface area contributed by atoms with Crippen molar-refractivity contribution in [3.8, 4) is 0 Å². The van der Waals surface area contributed by atoms with Crippen molar-refractivity contribution in [3.05, 3.63) is 59.4 Å². The van der Waals surface area contributed by atoms with Crippen molar-refractivity contribution >= 4 is 11.7 Å². The molecular formula is C16H16N2O2. The van der Waals surface area contributed by atoms with Crippen molar-refractivity contribution in [3.63, 3.8) is 0 Å². The number of nitrogens with zero attached hydrogens (tertiary/aromatic N) is 2. The topological polar surface area (TPSA) is 53.4 Å². The highest BCUT2D eigenvalue weighted by atomic mass is 16.4. The second kappa shape index (κ2) is 5.33. The van der Waals surface area contributed by atoms with Crippen molar-refractivity contribution in [1.82, 2.24) is 4.98 Å². The summed E-state index contributed by atoms with van der Waals surface area (Å²) in [7, 11) is 0. The number of rotatable bonds is 4. The predicted octanol–water partition coefficient (Wildman–Crippen LogP) is 2.39. The van der Waals surface area contributed by atoms with Crippen molar-refractivity contribution < 1.29 is 9.90 Å². The molecule has 4 nitrogen and oxygen atoms in total. The maximum Gasteiger partial charge on any atom is 0.335 e. The second-order valence-electron chi connectivity index (χ2n) is 4.96. The van der Waals surface area contributed by atoms with E-state index >= 15 is 0 Å². The Morgan fingerprint density at radius 3 is 2.95 bits per heavy atom. The molecule has 1 aliphatic rings. The van der Waals surface area contributed by atoms with Crippen LogP contribution in [0.25, 0.3) is 0 Å². The van der Waals surface area contributed by atoms with Crippen LogP contribution < -0.4 is 4.90 Å². The van der Waals surface area contributed by atoms with Gasteiger partial charge in [0.05, 0.1) is 5.56 Å². The Kier molecular flexibility index (Phi) is 3.37. The van der Waals surface area contributed by atoms with Gasteiger partial charge < -0.3 is 10.0 Å². The van der Waals surface area contributed by atoms with Gasteiger partial charge in [-0.3, -0.25) is 4.98 Å². The van der Waals surface area contributed by atoms with Gasteiger partial charge in [0.25, 0.3) is 0 Å². The Balaban J connectivity index is 1.75. The monoisotopic (exact) mass is 268 g/mol. The lowest BCUT2D eigenvalue weighted by Gasteiger charge is -2.19. The molecule has 0 bridgehead atoms. The number of anilines is 1. The highest BCUT2D eigenvalue weighted by Crippen LogP contribution is 2.29. The average molecular weight is 268 g/mol. The normalized spacial score (nSPS) is 13.3. The SMILES string of the molecule is O=C(O)c1ccc2c(c1)N(CCc1ccccn1)CC2. The molecular weight excluding hydrogens is 252 g/mol. The lowest BCUT2D eigenvalue weighted by Crippen LogP contribution is -2.23. The molecule has 1 aliphatic heterocycles. The first-order valence-corrected chi connectivity index (χ1v) is 6.75. The Morgan fingerprint density at radius 1 is 1.30 bits per heavy atom. The predicted molar refractivity (Wildman–Crippen MR) is 77.3 cm³/mol. The Morgan fingerprint density at radius 2 is 2.20 bits per heavy atom. The molecule has 20 heavy (non-hydrogen) atoms. The summed E-state index contributed by atoms with van der Waals surface area (Å²) >= 11 is 0. The molecule has 0 atom stereocenters. The van der Waals surface area contributed by atoms with Crippen LogP contribution in [0.15, 0.2) is 42.6 Å². The molecule has 3 rings (SSSR count). The second-order valence-corrected chi connectivity index (χ2v) is 4.96. The van der Waals surface area contributed by atoms with E-state index in [2.05, 4.69) is 9.88 Å². The number of pyridine rings is 1. The first-order chi connectivity index (χ1) is 9.74. The molecule has 1 aromatic carbocycles. The Bertz CT molecular complexity index is 626. The molecule has 0 spiro atoms. The van der Waals surface area contributed by atoms with Crippen molar-refractivity contribution in [2.75, 3.05) is 18.0 Å². The molecule has 0 amide bonds. The number of hydrogen-bond donors (Lipinski definition) is 1. The molecule has 0 radical (unpaired) electrons. The van der Waals surface area contributed by atoms with Crippen LogP contribution >= 0.6 is 0 Å². The van der Waals surface area contributed by atoms with E-state index in [1.54, 1.807) is 18.3 Å². The third-order valence-electron chi connectivity index (χ3n) is 3.69. The van der Waals surface area contributed by atoms with E-state index in [-0.39, 0.29) is 0 Å². The fourth-order valence-corrected chi connectivity index (χ4v) is 2.61. The summed E-state index contributed by atoms with van der Waals surface area (Å²) in [5, 5.41) is 9.08. The largest absolute Gasteiger partial charge is 0.478 e. The average Bonchev–Trinajstić information content (AvgIpc) is 2.88. The Labute approximate surface area is 117 Å². The zero-order valence-electron chi connectivity index (χ0n) is 11.1. The highest BCUT2D eigenvalue weighted by molar-refractivity contribution is 5.89. The molecule has 2 heterocycles. The summed E-state index contributed by atoms with van der Waals surface area (Å²) in [6.45, 7) is 1.82. The number of aromatic carboxylic acids is 1. The summed E-state index contributed by atoms with van der Waals surface area (Å²) in [4.78, 5) is 17.6. The van der Waals surface area contributed by atoms with Gasteiger partial charge in [0, 0.05) is 37.1 Å². The standard InChI is InChI=1S/C16H16N2O2/c19-16(20)13-5-4-12-6-9-18(15(12)11-13)10-7-14-3-1-2-8-17-14/h1-5,8,11H,6-7,9-10H2,(H,19,20). The van der Waals surface area contributed by atoms with E-state index in [9.17, 15) is 4.79 Å². The highest BCUT2D eigenvalue weighted by Gasteiger charge is 2.20. The number of benzene rings is 1. The van der Waals surface area contributed by atoms with Crippen LogP contribution in [0, 0.1) is 0 Å². The summed E-state index contributed by atoms with van der Waals surface area (Å²) in [5.41, 5.74) is 3.71. The molecule has 1 N–H and O–H groups in total. The Hall–Kier alpha value is -2.36. The lowest BCUT2D eigenvalue weighted by atomic mass is 10.1. The fourth-order valence-electron chi connectivity index (χ4n) is 2.61. The van der Waals surface area contributed by atoms with Crippen LogP contribution in [0.4, 0.5) is 5.69 Å². The zero-order valence-corrected chi connectivity index (χ0v) is 11.1. The number of hydrogen-bond acceptors (Lipinski definition) is 3. The maximum absolute atomic E-state index is 11.1. The van der Waals surface area contributed by atoms with Crippen molar-refractivity contribution in [1.29, 1.82) is 0 Å². The van der Waals surface area contributed by atoms with Gasteiger partial charge in [0.1, 0.15) is 0 Å². The minimum absolute atomic E-state index is 0.355. The molecule has 1 aromatic heterocycles. The smallest absolute Gasteiger partial charge is 0.335 e. The van der Waals surface area contributed by atoms with Crippen LogP contribution in [-0.4, -0.2) is 29.1 Å². The third kappa shape index (κ3) is 2.50. The third-order valence-corrected chi connectivity index (χ3v) is 3.69. The van der Waals surface area contributed by atoms with E-state index in [0.717, 1.165) is 37.3 Å². The van der Waals surface area contributed by atoms with Crippen LogP contribution in [0.1, 0.15) is 21.6 Å². The van der Waals surface area contributed by atoms with E-state index < -0.39 is 5.97 Å². The first kappa shape index (κ1) is 12.7. The number of carbonyl (C=O) groups is 1. The van der Waals surface area contributed by atoms with Crippen LogP contribution in [0.2, 0.25) is 0 Å². The first-order valence-electron chi connectivity index (χ1n) is 6.75. The van der Waals surface area contributed by atoms with E-state index in [1.807, 2.05) is 24.3 Å². The van der Waals surface area contributed by atoms with Crippen LogP contribution in [0.5, 0.6) is 0 Å². The van der Waals surface area contributed by atoms with Crippen LogP contribution in [0.3, 0.4) is 0 Å². The number of fused-ring (bicyclic) bond motifs is 1. The molecule has 2 aromatic rings. The van der Waals surface area contributed by atoms with E-state index in [1.165, 1.54) is 5.56 Å². The number of carboxylic acid groups (broad SMARTS) is 1. The van der Waals surface area contributed by atoms with Gasteiger partial charge in [-0.05, 0) is 36.2 Å². The minimum atomic E-state index is -0.871. The van der Waals surface area contributed by atoms with Gasteiger partial charge in [0.15, 0.2) is 0 Å². The van der Waals surface area contributed by atoms with Gasteiger partial charge in [-0.25, -0.2) is 4.79 Å². The molecule has 0 fully saturated rings. The number of aromatic nitrogens is 1. The van der Waals surface area contributed by atoms with Crippen molar-refractivity contribution in [2.24, 2.45) is 0 Å². The molecule has 0 aliphatic carbocycles. The molecule has 0 saturated heterocycles. The lowest BCUT2D eigenvalue weighted by molar-refractivity contribution is 0.0697.